The SMILES string of the molecule is FSn1cc(-c2ccccc2F)c2ccc(Cl)nc21. The lowest BCUT2D eigenvalue weighted by Gasteiger charge is -2.00. The Balaban J connectivity index is 2.34. The fourth-order valence-electron chi connectivity index (χ4n) is 2.00. The van der Waals surface area contributed by atoms with Crippen LogP contribution in [0.1, 0.15) is 0 Å². The Morgan fingerprint density at radius 2 is 1.89 bits per heavy atom. The van der Waals surface area contributed by atoms with E-state index in [-0.39, 0.29) is 23.3 Å². The largest absolute Gasteiger partial charge is 0.246 e. The van der Waals surface area contributed by atoms with Crippen molar-refractivity contribution in [1.29, 1.82) is 0 Å². The van der Waals surface area contributed by atoms with E-state index in [1.807, 2.05) is 0 Å². The van der Waals surface area contributed by atoms with E-state index in [1.54, 1.807) is 30.3 Å². The Hall–Kier alpha value is -1.59. The van der Waals surface area contributed by atoms with Gasteiger partial charge in [0.15, 0.2) is 18.0 Å². The van der Waals surface area contributed by atoms with Crippen molar-refractivity contribution in [2.75, 3.05) is 0 Å². The van der Waals surface area contributed by atoms with Gasteiger partial charge in [-0.1, -0.05) is 29.8 Å². The minimum absolute atomic E-state index is 0.00142. The monoisotopic (exact) mass is 296 g/mol. The zero-order valence-electron chi connectivity index (χ0n) is 9.48. The second-order valence-electron chi connectivity index (χ2n) is 3.92. The normalized spacial score (nSPS) is 11.1. The van der Waals surface area contributed by atoms with Gasteiger partial charge in [-0.2, -0.15) is 0 Å². The number of halogens is 3. The first-order chi connectivity index (χ1) is 9.20. The topological polar surface area (TPSA) is 17.8 Å². The lowest BCUT2D eigenvalue weighted by atomic mass is 10.1. The van der Waals surface area contributed by atoms with Crippen LogP contribution in [0, 0.1) is 5.82 Å². The maximum absolute atomic E-state index is 13.8. The van der Waals surface area contributed by atoms with Crippen molar-refractivity contribution in [3.63, 3.8) is 0 Å². The molecule has 0 atom stereocenters. The molecule has 0 saturated heterocycles. The molecule has 0 aliphatic rings. The predicted octanol–water partition coefficient (Wildman–Crippen LogP) is 4.88. The van der Waals surface area contributed by atoms with E-state index in [1.165, 1.54) is 16.2 Å². The number of pyridine rings is 1. The molecule has 0 bridgehead atoms. The van der Waals surface area contributed by atoms with Gasteiger partial charge in [0.2, 0.25) is 0 Å². The highest BCUT2D eigenvalue weighted by Crippen LogP contribution is 2.34. The molecule has 0 aliphatic heterocycles. The molecule has 0 radical (unpaired) electrons. The molecule has 0 amide bonds. The smallest absolute Gasteiger partial charge is 0.171 e. The highest BCUT2D eigenvalue weighted by atomic mass is 35.5. The Bertz CT molecular complexity index is 757. The van der Waals surface area contributed by atoms with Crippen LogP contribution in [0.15, 0.2) is 42.6 Å². The molecule has 3 rings (SSSR count). The van der Waals surface area contributed by atoms with Gasteiger partial charge in [0.25, 0.3) is 0 Å². The molecule has 2 nitrogen and oxygen atoms in total. The fourth-order valence-corrected chi connectivity index (χ4v) is 2.49. The van der Waals surface area contributed by atoms with Crippen molar-refractivity contribution in [3.05, 3.63) is 53.6 Å². The molecule has 2 heterocycles. The van der Waals surface area contributed by atoms with Crippen molar-refractivity contribution in [2.45, 2.75) is 0 Å². The molecule has 0 spiro atoms. The van der Waals surface area contributed by atoms with E-state index in [4.69, 9.17) is 11.6 Å². The Morgan fingerprint density at radius 3 is 2.63 bits per heavy atom. The van der Waals surface area contributed by atoms with E-state index in [9.17, 15) is 8.28 Å². The summed E-state index contributed by atoms with van der Waals surface area (Å²) in [5, 5.41) is 0.917. The number of hydrogen-bond donors (Lipinski definition) is 0. The Morgan fingerprint density at radius 1 is 1.11 bits per heavy atom. The molecular formula is C13H7ClF2N2S. The highest BCUT2D eigenvalue weighted by Gasteiger charge is 2.15. The minimum Gasteiger partial charge on any atom is -0.246 e. The second-order valence-corrected chi connectivity index (χ2v) is 4.84. The van der Waals surface area contributed by atoms with Gasteiger partial charge >= 0.3 is 0 Å². The second kappa shape index (κ2) is 4.83. The van der Waals surface area contributed by atoms with E-state index in [0.717, 1.165) is 0 Å². The van der Waals surface area contributed by atoms with Gasteiger partial charge in [-0.15, -0.1) is 3.89 Å². The van der Waals surface area contributed by atoms with Crippen molar-refractivity contribution >= 4 is 35.0 Å². The summed E-state index contributed by atoms with van der Waals surface area (Å²) in [6, 6.07) is 9.65. The Kier molecular flexibility index (Phi) is 3.16. The van der Waals surface area contributed by atoms with Gasteiger partial charge in [0, 0.05) is 22.7 Å². The van der Waals surface area contributed by atoms with Crippen molar-refractivity contribution in [3.8, 4) is 11.1 Å². The molecule has 19 heavy (non-hydrogen) atoms. The molecule has 0 saturated carbocycles. The van der Waals surface area contributed by atoms with E-state index in [0.29, 0.717) is 22.2 Å². The van der Waals surface area contributed by atoms with E-state index < -0.39 is 0 Å². The number of fused-ring (bicyclic) bond motifs is 1. The third-order valence-corrected chi connectivity index (χ3v) is 3.46. The molecule has 0 N–H and O–H groups in total. The van der Waals surface area contributed by atoms with Crippen LogP contribution < -0.4 is 0 Å². The molecule has 0 aliphatic carbocycles. The van der Waals surface area contributed by atoms with Crippen LogP contribution in [-0.4, -0.2) is 8.96 Å². The van der Waals surface area contributed by atoms with Crippen LogP contribution in [0.5, 0.6) is 0 Å². The standard InChI is InChI=1S/C13H7ClF2N2S/c14-12-6-5-9-10(7-18(19-16)13(9)17-12)8-3-1-2-4-11(8)15/h1-7H. The molecule has 6 heteroatoms. The van der Waals surface area contributed by atoms with E-state index >= 15 is 0 Å². The van der Waals surface area contributed by atoms with Crippen LogP contribution in [0.25, 0.3) is 22.2 Å². The zero-order valence-corrected chi connectivity index (χ0v) is 11.1. The summed E-state index contributed by atoms with van der Waals surface area (Å²) >= 11 is 5.81. The van der Waals surface area contributed by atoms with Crippen LogP contribution >= 0.6 is 23.9 Å². The van der Waals surface area contributed by atoms with Gasteiger partial charge in [-0.05, 0) is 18.2 Å². The third-order valence-electron chi connectivity index (χ3n) is 2.82. The first kappa shape index (κ1) is 12.4. The van der Waals surface area contributed by atoms with Gasteiger partial charge in [0.05, 0.1) is 0 Å². The van der Waals surface area contributed by atoms with Crippen LogP contribution in [0.4, 0.5) is 8.28 Å². The lowest BCUT2D eigenvalue weighted by Crippen LogP contribution is -1.83. The summed E-state index contributed by atoms with van der Waals surface area (Å²) in [6.45, 7) is 0. The van der Waals surface area contributed by atoms with E-state index in [2.05, 4.69) is 4.98 Å². The summed E-state index contributed by atoms with van der Waals surface area (Å²) in [5.74, 6) is -0.361. The van der Waals surface area contributed by atoms with Crippen molar-refractivity contribution < 1.29 is 8.28 Å². The number of nitrogens with zero attached hydrogens (tertiary/aromatic N) is 2. The minimum atomic E-state index is -0.361. The predicted molar refractivity (Wildman–Crippen MR) is 74.2 cm³/mol. The zero-order chi connectivity index (χ0) is 13.4. The molecule has 3 aromatic rings. The molecule has 2 aromatic heterocycles. The maximum atomic E-state index is 13.8. The third kappa shape index (κ3) is 2.09. The van der Waals surface area contributed by atoms with Gasteiger partial charge in [-0.25, -0.2) is 13.3 Å². The van der Waals surface area contributed by atoms with Crippen LogP contribution in [0.2, 0.25) is 5.15 Å². The quantitative estimate of drug-likeness (QED) is 0.627. The van der Waals surface area contributed by atoms with Crippen LogP contribution in [0.3, 0.4) is 0 Å². The molecule has 0 unspecified atom stereocenters. The summed E-state index contributed by atoms with van der Waals surface area (Å²) in [6.07, 6.45) is 1.51. The number of aromatic nitrogens is 2. The molecule has 1 aromatic carbocycles. The molecular weight excluding hydrogens is 290 g/mol. The average molecular weight is 297 g/mol. The Labute approximate surface area is 117 Å². The van der Waals surface area contributed by atoms with Gasteiger partial charge in [0.1, 0.15) is 11.0 Å². The maximum Gasteiger partial charge on any atom is 0.171 e. The number of benzene rings is 1. The first-order valence-electron chi connectivity index (χ1n) is 5.42. The summed E-state index contributed by atoms with van der Waals surface area (Å²) in [4.78, 5) is 4.07. The lowest BCUT2D eigenvalue weighted by molar-refractivity contribution is 0.631. The summed E-state index contributed by atoms with van der Waals surface area (Å²) < 4.78 is 28.0. The summed E-state index contributed by atoms with van der Waals surface area (Å²) in [5.41, 5.74) is 1.37. The van der Waals surface area contributed by atoms with Crippen molar-refractivity contribution in [2.24, 2.45) is 0 Å². The van der Waals surface area contributed by atoms with Gasteiger partial charge < -0.3 is 0 Å². The average Bonchev–Trinajstić information content (AvgIpc) is 2.77. The fraction of sp³-hybridized carbons (Fsp3) is 0. The first-order valence-corrected chi connectivity index (χ1v) is 6.47. The number of hydrogen-bond acceptors (Lipinski definition) is 2. The van der Waals surface area contributed by atoms with Crippen LogP contribution in [-0.2, 0) is 0 Å². The van der Waals surface area contributed by atoms with Gasteiger partial charge in [-0.3, -0.25) is 0 Å². The van der Waals surface area contributed by atoms with Crippen molar-refractivity contribution in [1.82, 2.24) is 8.96 Å². The molecule has 96 valence electrons. The summed E-state index contributed by atoms with van der Waals surface area (Å²) in [7, 11) is 0. The number of rotatable bonds is 2. The highest BCUT2D eigenvalue weighted by molar-refractivity contribution is 7.92. The molecule has 0 fully saturated rings.